The molecule has 2 nitrogen and oxygen atoms in total. The van der Waals surface area contributed by atoms with E-state index in [9.17, 15) is 5.11 Å². The summed E-state index contributed by atoms with van der Waals surface area (Å²) in [5.74, 6) is 0. The van der Waals surface area contributed by atoms with Gasteiger partial charge in [-0.3, -0.25) is 0 Å². The zero-order valence-electron chi connectivity index (χ0n) is 9.65. The molecular weight excluding hydrogens is 222 g/mol. The Morgan fingerprint density at radius 3 is 2.38 bits per heavy atom. The molecule has 0 unspecified atom stereocenters. The average Bonchev–Trinajstić information content (AvgIpc) is 2.59. The lowest BCUT2D eigenvalue weighted by Gasteiger charge is -2.28. The van der Waals surface area contributed by atoms with Crippen LogP contribution in [-0.4, -0.2) is 17.3 Å². The molecule has 1 fully saturated rings. The minimum absolute atomic E-state index is 0. The lowest BCUT2D eigenvalue weighted by atomic mass is 9.79. The minimum Gasteiger partial charge on any atom is -0.394 e. The van der Waals surface area contributed by atoms with Crippen molar-refractivity contribution in [2.45, 2.75) is 37.1 Å². The van der Waals surface area contributed by atoms with Gasteiger partial charge in [-0.1, -0.05) is 37.3 Å². The summed E-state index contributed by atoms with van der Waals surface area (Å²) in [6, 6.07) is 10.5. The molecule has 2 rings (SSSR count). The molecule has 0 aromatic heterocycles. The van der Waals surface area contributed by atoms with Crippen LogP contribution < -0.4 is 5.73 Å². The highest BCUT2D eigenvalue weighted by Crippen LogP contribution is 2.44. The van der Waals surface area contributed by atoms with E-state index in [0.717, 1.165) is 19.3 Å². The molecule has 2 atom stereocenters. The Hall–Kier alpha value is -0.570. The molecule has 1 aromatic carbocycles. The molecule has 0 spiro atoms. The van der Waals surface area contributed by atoms with Crippen molar-refractivity contribution < 1.29 is 5.11 Å². The van der Waals surface area contributed by atoms with E-state index >= 15 is 0 Å². The first-order chi connectivity index (χ1) is 7.08. The van der Waals surface area contributed by atoms with E-state index in [1.807, 2.05) is 6.07 Å². The molecule has 1 aliphatic rings. The first-order valence-corrected chi connectivity index (χ1v) is 5.53. The molecule has 0 aliphatic heterocycles. The van der Waals surface area contributed by atoms with E-state index in [4.69, 9.17) is 5.73 Å². The van der Waals surface area contributed by atoms with Gasteiger partial charge in [0.1, 0.15) is 0 Å². The van der Waals surface area contributed by atoms with Gasteiger partial charge in [0, 0.05) is 5.54 Å². The summed E-state index contributed by atoms with van der Waals surface area (Å²) in [5, 5.41) is 9.28. The first-order valence-electron chi connectivity index (χ1n) is 5.53. The molecule has 1 aromatic rings. The summed E-state index contributed by atoms with van der Waals surface area (Å²) >= 11 is 0. The van der Waals surface area contributed by atoms with Gasteiger partial charge < -0.3 is 10.8 Å². The quantitative estimate of drug-likeness (QED) is 0.834. The van der Waals surface area contributed by atoms with Gasteiger partial charge in [-0.2, -0.15) is 0 Å². The highest BCUT2D eigenvalue weighted by atomic mass is 35.5. The molecule has 3 heteroatoms. The number of hydrogen-bond acceptors (Lipinski definition) is 2. The summed E-state index contributed by atoms with van der Waals surface area (Å²) < 4.78 is 0. The fourth-order valence-electron chi connectivity index (χ4n) is 2.70. The van der Waals surface area contributed by atoms with Gasteiger partial charge in [0.25, 0.3) is 0 Å². The zero-order chi connectivity index (χ0) is 10.9. The van der Waals surface area contributed by atoms with Gasteiger partial charge in [0.2, 0.25) is 0 Å². The van der Waals surface area contributed by atoms with E-state index in [0.29, 0.717) is 0 Å². The second-order valence-electron chi connectivity index (χ2n) is 5.12. The smallest absolute Gasteiger partial charge is 0.0611 e. The van der Waals surface area contributed by atoms with Gasteiger partial charge in [-0.05, 0) is 30.2 Å². The lowest BCUT2D eigenvalue weighted by molar-refractivity contribution is 0.193. The number of halogens is 1. The molecule has 0 heterocycles. The highest BCUT2D eigenvalue weighted by molar-refractivity contribution is 5.85. The lowest BCUT2D eigenvalue weighted by Crippen LogP contribution is -2.42. The van der Waals surface area contributed by atoms with Gasteiger partial charge in [0.05, 0.1) is 6.61 Å². The standard InChI is InChI=1S/C13H19NO.ClH/c1-12(11-5-3-2-4-6-11)7-8-13(14,9-12)10-15;/h2-6,15H,7-10,14H2,1H3;1H/t12-,13-;/m1./s1. The summed E-state index contributed by atoms with van der Waals surface area (Å²) in [6.07, 6.45) is 2.85. The fourth-order valence-corrected chi connectivity index (χ4v) is 2.70. The normalized spacial score (nSPS) is 33.4. The maximum Gasteiger partial charge on any atom is 0.0611 e. The summed E-state index contributed by atoms with van der Waals surface area (Å²) in [5.41, 5.74) is 7.23. The van der Waals surface area contributed by atoms with Crippen molar-refractivity contribution in [2.75, 3.05) is 6.61 Å². The zero-order valence-corrected chi connectivity index (χ0v) is 10.5. The van der Waals surface area contributed by atoms with Crippen LogP contribution >= 0.6 is 12.4 Å². The van der Waals surface area contributed by atoms with E-state index in [1.54, 1.807) is 0 Å². The molecule has 0 amide bonds. The third-order valence-corrected chi connectivity index (χ3v) is 3.70. The summed E-state index contributed by atoms with van der Waals surface area (Å²) in [6.45, 7) is 2.34. The number of aliphatic hydroxyl groups is 1. The predicted molar refractivity (Wildman–Crippen MR) is 68.9 cm³/mol. The van der Waals surface area contributed by atoms with Crippen molar-refractivity contribution in [1.82, 2.24) is 0 Å². The van der Waals surface area contributed by atoms with Crippen LogP contribution in [0.15, 0.2) is 30.3 Å². The van der Waals surface area contributed by atoms with Crippen LogP contribution in [0.25, 0.3) is 0 Å². The van der Waals surface area contributed by atoms with Crippen molar-refractivity contribution in [3.63, 3.8) is 0 Å². The van der Waals surface area contributed by atoms with Crippen molar-refractivity contribution in [1.29, 1.82) is 0 Å². The van der Waals surface area contributed by atoms with Crippen molar-refractivity contribution >= 4 is 12.4 Å². The summed E-state index contributed by atoms with van der Waals surface area (Å²) in [4.78, 5) is 0. The van der Waals surface area contributed by atoms with Crippen molar-refractivity contribution in [3.05, 3.63) is 35.9 Å². The number of benzene rings is 1. The second kappa shape index (κ2) is 4.74. The van der Waals surface area contributed by atoms with Crippen LogP contribution in [0.3, 0.4) is 0 Å². The number of hydrogen-bond donors (Lipinski definition) is 2. The van der Waals surface area contributed by atoms with Crippen molar-refractivity contribution in [2.24, 2.45) is 5.73 Å². The molecule has 1 saturated carbocycles. The number of nitrogens with two attached hydrogens (primary N) is 1. The highest BCUT2D eigenvalue weighted by Gasteiger charge is 2.43. The van der Waals surface area contributed by atoms with Gasteiger partial charge >= 0.3 is 0 Å². The second-order valence-corrected chi connectivity index (χ2v) is 5.12. The molecule has 3 N–H and O–H groups in total. The Morgan fingerprint density at radius 1 is 1.25 bits per heavy atom. The SMILES string of the molecule is C[C@@]1(c2ccccc2)CC[C@](N)(CO)C1.Cl. The van der Waals surface area contributed by atoms with E-state index in [-0.39, 0.29) is 30.0 Å². The van der Waals surface area contributed by atoms with E-state index in [2.05, 4.69) is 31.2 Å². The molecule has 0 radical (unpaired) electrons. The van der Waals surface area contributed by atoms with Crippen LogP contribution in [0.4, 0.5) is 0 Å². The van der Waals surface area contributed by atoms with Gasteiger partial charge in [-0.25, -0.2) is 0 Å². The Morgan fingerprint density at radius 2 is 1.88 bits per heavy atom. The molecular formula is C13H20ClNO. The average molecular weight is 242 g/mol. The minimum atomic E-state index is -0.370. The van der Waals surface area contributed by atoms with E-state index < -0.39 is 0 Å². The van der Waals surface area contributed by atoms with Crippen LogP contribution in [0.5, 0.6) is 0 Å². The van der Waals surface area contributed by atoms with Crippen LogP contribution in [0.2, 0.25) is 0 Å². The number of aliphatic hydroxyl groups excluding tert-OH is 1. The molecule has 0 bridgehead atoms. The maximum atomic E-state index is 9.28. The molecule has 0 saturated heterocycles. The Balaban J connectivity index is 0.00000128. The maximum absolute atomic E-state index is 9.28. The molecule has 90 valence electrons. The third kappa shape index (κ3) is 2.40. The van der Waals surface area contributed by atoms with Gasteiger partial charge in [-0.15, -0.1) is 12.4 Å². The predicted octanol–water partition coefficient (Wildman–Crippen LogP) is 2.24. The van der Waals surface area contributed by atoms with Crippen LogP contribution in [0, 0.1) is 0 Å². The first kappa shape index (κ1) is 13.5. The molecule has 16 heavy (non-hydrogen) atoms. The Kier molecular flexibility index (Phi) is 4.00. The summed E-state index contributed by atoms with van der Waals surface area (Å²) in [7, 11) is 0. The Bertz CT molecular complexity index is 343. The molecule has 1 aliphatic carbocycles. The van der Waals surface area contributed by atoms with E-state index in [1.165, 1.54) is 5.56 Å². The van der Waals surface area contributed by atoms with Crippen molar-refractivity contribution in [3.8, 4) is 0 Å². The van der Waals surface area contributed by atoms with Crippen LogP contribution in [0.1, 0.15) is 31.7 Å². The third-order valence-electron chi connectivity index (χ3n) is 3.70. The largest absolute Gasteiger partial charge is 0.394 e. The number of rotatable bonds is 2. The van der Waals surface area contributed by atoms with Gasteiger partial charge in [0.15, 0.2) is 0 Å². The Labute approximate surface area is 103 Å². The monoisotopic (exact) mass is 241 g/mol. The fraction of sp³-hybridized carbons (Fsp3) is 0.538. The topological polar surface area (TPSA) is 46.2 Å². The van der Waals surface area contributed by atoms with Crippen LogP contribution in [-0.2, 0) is 5.41 Å².